The van der Waals surface area contributed by atoms with Gasteiger partial charge in [-0.1, -0.05) is 34.6 Å². The van der Waals surface area contributed by atoms with Gasteiger partial charge in [0.05, 0.1) is 11.8 Å². The molecule has 98 valence electrons. The third kappa shape index (κ3) is 2.61. The minimum Gasteiger partial charge on any atom is -0.481 e. The highest BCUT2D eigenvalue weighted by molar-refractivity contribution is 5.91. The van der Waals surface area contributed by atoms with Crippen LogP contribution >= 0.6 is 0 Å². The van der Waals surface area contributed by atoms with Crippen molar-refractivity contribution in [2.24, 2.45) is 23.2 Å². The maximum Gasteiger partial charge on any atom is 0.307 e. The molecule has 0 radical (unpaired) electrons. The molecule has 1 saturated carbocycles. The van der Waals surface area contributed by atoms with E-state index < -0.39 is 17.3 Å². The fourth-order valence-corrected chi connectivity index (χ4v) is 2.60. The Balaban J connectivity index is 2.64. The Labute approximate surface area is 103 Å². The predicted molar refractivity (Wildman–Crippen MR) is 65.5 cm³/mol. The van der Waals surface area contributed by atoms with Crippen LogP contribution in [0.5, 0.6) is 0 Å². The molecule has 3 unspecified atom stereocenters. The third-order valence-electron chi connectivity index (χ3n) is 3.95. The molecular weight excluding hydrogens is 218 g/mol. The summed E-state index contributed by atoms with van der Waals surface area (Å²) in [6.45, 7) is 9.82. The molecule has 3 atom stereocenters. The van der Waals surface area contributed by atoms with Gasteiger partial charge in [-0.3, -0.25) is 9.59 Å². The zero-order valence-corrected chi connectivity index (χ0v) is 11.3. The molecule has 4 heteroatoms. The smallest absolute Gasteiger partial charge is 0.307 e. The van der Waals surface area contributed by atoms with Crippen molar-refractivity contribution in [1.82, 2.24) is 5.32 Å². The summed E-state index contributed by atoms with van der Waals surface area (Å²) in [7, 11) is 0. The molecule has 1 fully saturated rings. The fourth-order valence-electron chi connectivity index (χ4n) is 2.60. The molecular formula is C13H23NO3. The second-order valence-corrected chi connectivity index (χ2v) is 5.88. The lowest BCUT2D eigenvalue weighted by molar-refractivity contribution is -0.140. The topological polar surface area (TPSA) is 66.4 Å². The number of hydrogen-bond donors (Lipinski definition) is 2. The minimum absolute atomic E-state index is 0.108. The summed E-state index contributed by atoms with van der Waals surface area (Å²) < 4.78 is 0. The summed E-state index contributed by atoms with van der Waals surface area (Å²) in [6.07, 6.45) is 0.869. The standard InChI is InChI=1S/C13H23NO3/c1-6-8(7(2)3)14-11(15)9-10(12(16)17)13(9,4)5/h7-10H,6H2,1-5H3,(H,14,15)(H,16,17). The van der Waals surface area contributed by atoms with Crippen molar-refractivity contribution in [3.63, 3.8) is 0 Å². The van der Waals surface area contributed by atoms with E-state index in [2.05, 4.69) is 19.2 Å². The molecule has 1 rings (SSSR count). The molecule has 1 aliphatic carbocycles. The molecule has 1 amide bonds. The number of aliphatic carboxylic acids is 1. The highest BCUT2D eigenvalue weighted by Gasteiger charge is 2.65. The van der Waals surface area contributed by atoms with Gasteiger partial charge in [-0.05, 0) is 17.8 Å². The van der Waals surface area contributed by atoms with Crippen LogP contribution in [0.15, 0.2) is 0 Å². The normalized spacial score (nSPS) is 27.6. The van der Waals surface area contributed by atoms with E-state index in [1.54, 1.807) is 0 Å². The van der Waals surface area contributed by atoms with Gasteiger partial charge in [0.15, 0.2) is 0 Å². The Bertz CT molecular complexity index is 323. The van der Waals surface area contributed by atoms with E-state index in [0.29, 0.717) is 5.92 Å². The average molecular weight is 241 g/mol. The Morgan fingerprint density at radius 2 is 1.82 bits per heavy atom. The maximum atomic E-state index is 12.0. The number of carbonyl (C=O) groups excluding carboxylic acids is 1. The Morgan fingerprint density at radius 3 is 2.12 bits per heavy atom. The molecule has 0 aromatic carbocycles. The van der Waals surface area contributed by atoms with Crippen LogP contribution in [-0.2, 0) is 9.59 Å². The first-order valence-electron chi connectivity index (χ1n) is 6.26. The molecule has 0 aromatic rings. The molecule has 0 heterocycles. The molecule has 0 saturated heterocycles. The number of hydrogen-bond acceptors (Lipinski definition) is 2. The van der Waals surface area contributed by atoms with Crippen molar-refractivity contribution in [2.45, 2.75) is 47.1 Å². The van der Waals surface area contributed by atoms with Gasteiger partial charge in [0.1, 0.15) is 0 Å². The van der Waals surface area contributed by atoms with Crippen LogP contribution in [0, 0.1) is 23.2 Å². The van der Waals surface area contributed by atoms with Gasteiger partial charge in [0, 0.05) is 6.04 Å². The van der Waals surface area contributed by atoms with Crippen LogP contribution in [0.3, 0.4) is 0 Å². The van der Waals surface area contributed by atoms with Gasteiger partial charge in [-0.25, -0.2) is 0 Å². The average Bonchev–Trinajstić information content (AvgIpc) is 2.77. The molecule has 0 bridgehead atoms. The van der Waals surface area contributed by atoms with E-state index in [0.717, 1.165) is 6.42 Å². The van der Waals surface area contributed by atoms with E-state index in [4.69, 9.17) is 5.11 Å². The first kappa shape index (κ1) is 14.0. The van der Waals surface area contributed by atoms with Crippen molar-refractivity contribution in [3.05, 3.63) is 0 Å². The summed E-state index contributed by atoms with van der Waals surface area (Å²) in [6, 6.07) is 0.133. The molecule has 0 aliphatic heterocycles. The first-order chi connectivity index (χ1) is 7.73. The molecule has 0 spiro atoms. The molecule has 4 nitrogen and oxygen atoms in total. The van der Waals surface area contributed by atoms with Gasteiger partial charge >= 0.3 is 5.97 Å². The first-order valence-corrected chi connectivity index (χ1v) is 6.26. The van der Waals surface area contributed by atoms with E-state index in [-0.39, 0.29) is 17.9 Å². The number of carbonyl (C=O) groups is 2. The van der Waals surface area contributed by atoms with Crippen LogP contribution in [0.4, 0.5) is 0 Å². The highest BCUT2D eigenvalue weighted by Crippen LogP contribution is 2.58. The van der Waals surface area contributed by atoms with Crippen LogP contribution in [0.1, 0.15) is 41.0 Å². The zero-order valence-electron chi connectivity index (χ0n) is 11.3. The molecule has 0 aromatic heterocycles. The summed E-state index contributed by atoms with van der Waals surface area (Å²) in [4.78, 5) is 23.0. The van der Waals surface area contributed by atoms with Crippen molar-refractivity contribution in [3.8, 4) is 0 Å². The lowest BCUT2D eigenvalue weighted by atomic mass is 10.0. The van der Waals surface area contributed by atoms with Gasteiger partial charge in [-0.2, -0.15) is 0 Å². The van der Waals surface area contributed by atoms with E-state index in [1.165, 1.54) is 0 Å². The predicted octanol–water partition coefficient (Wildman–Crippen LogP) is 1.89. The quantitative estimate of drug-likeness (QED) is 0.772. The fraction of sp³-hybridized carbons (Fsp3) is 0.846. The number of carboxylic acids is 1. The van der Waals surface area contributed by atoms with Gasteiger partial charge in [0.25, 0.3) is 0 Å². The minimum atomic E-state index is -0.868. The van der Waals surface area contributed by atoms with Gasteiger partial charge in [-0.15, -0.1) is 0 Å². The number of amides is 1. The number of carboxylic acid groups (broad SMARTS) is 1. The van der Waals surface area contributed by atoms with Crippen molar-refractivity contribution >= 4 is 11.9 Å². The monoisotopic (exact) mass is 241 g/mol. The summed E-state index contributed by atoms with van der Waals surface area (Å²) in [5.41, 5.74) is -0.412. The number of rotatable bonds is 5. The van der Waals surface area contributed by atoms with Crippen molar-refractivity contribution in [1.29, 1.82) is 0 Å². The highest BCUT2D eigenvalue weighted by atomic mass is 16.4. The summed E-state index contributed by atoms with van der Waals surface area (Å²) in [5, 5.41) is 12.0. The van der Waals surface area contributed by atoms with Crippen LogP contribution in [0.25, 0.3) is 0 Å². The van der Waals surface area contributed by atoms with Crippen molar-refractivity contribution < 1.29 is 14.7 Å². The summed E-state index contributed by atoms with van der Waals surface area (Å²) >= 11 is 0. The maximum absolute atomic E-state index is 12.0. The van der Waals surface area contributed by atoms with E-state index >= 15 is 0 Å². The zero-order chi connectivity index (χ0) is 13.4. The summed E-state index contributed by atoms with van der Waals surface area (Å²) in [5.74, 6) is -1.52. The molecule has 1 aliphatic rings. The second-order valence-electron chi connectivity index (χ2n) is 5.88. The van der Waals surface area contributed by atoms with Gasteiger partial charge in [0.2, 0.25) is 5.91 Å². The third-order valence-corrected chi connectivity index (χ3v) is 3.95. The lowest BCUT2D eigenvalue weighted by Crippen LogP contribution is -2.39. The van der Waals surface area contributed by atoms with Gasteiger partial charge < -0.3 is 10.4 Å². The van der Waals surface area contributed by atoms with E-state index in [9.17, 15) is 9.59 Å². The SMILES string of the molecule is CCC(NC(=O)C1C(C(=O)O)C1(C)C)C(C)C. The van der Waals surface area contributed by atoms with Crippen LogP contribution < -0.4 is 5.32 Å². The lowest BCUT2D eigenvalue weighted by Gasteiger charge is -2.21. The van der Waals surface area contributed by atoms with E-state index in [1.807, 2.05) is 20.8 Å². The Kier molecular flexibility index (Phi) is 3.84. The second kappa shape index (κ2) is 4.67. The van der Waals surface area contributed by atoms with Crippen molar-refractivity contribution in [2.75, 3.05) is 0 Å². The number of nitrogens with one attached hydrogen (secondary N) is 1. The Hall–Kier alpha value is -1.06. The Morgan fingerprint density at radius 1 is 1.29 bits per heavy atom. The van der Waals surface area contributed by atoms with Crippen LogP contribution in [-0.4, -0.2) is 23.0 Å². The largest absolute Gasteiger partial charge is 0.481 e. The molecule has 17 heavy (non-hydrogen) atoms. The van der Waals surface area contributed by atoms with Crippen LogP contribution in [0.2, 0.25) is 0 Å². The molecule has 2 N–H and O–H groups in total.